The SMILES string of the molecule is Cc1ccc(N2CCOC(CO)C2)c(CNC2CC2)c1. The van der Waals surface area contributed by atoms with Gasteiger partial charge in [0.05, 0.1) is 19.3 Å². The Hall–Kier alpha value is -1.10. The van der Waals surface area contributed by atoms with Crippen LogP contribution in [0.5, 0.6) is 0 Å². The Morgan fingerprint density at radius 2 is 2.25 bits per heavy atom. The fraction of sp³-hybridized carbons (Fsp3) is 0.625. The fourth-order valence-electron chi connectivity index (χ4n) is 2.75. The van der Waals surface area contributed by atoms with Crippen LogP contribution in [0.15, 0.2) is 18.2 Å². The summed E-state index contributed by atoms with van der Waals surface area (Å²) in [5, 5.41) is 12.9. The van der Waals surface area contributed by atoms with Crippen molar-refractivity contribution in [2.45, 2.75) is 38.5 Å². The zero-order valence-corrected chi connectivity index (χ0v) is 12.1. The number of aliphatic hydroxyl groups is 1. The number of anilines is 1. The smallest absolute Gasteiger partial charge is 0.0980 e. The molecule has 2 fully saturated rings. The van der Waals surface area contributed by atoms with Crippen molar-refractivity contribution < 1.29 is 9.84 Å². The van der Waals surface area contributed by atoms with Crippen LogP contribution < -0.4 is 10.2 Å². The van der Waals surface area contributed by atoms with Gasteiger partial charge < -0.3 is 20.1 Å². The molecule has 3 rings (SSSR count). The number of morpholine rings is 1. The summed E-state index contributed by atoms with van der Waals surface area (Å²) in [7, 11) is 0. The Kier molecular flexibility index (Phi) is 4.24. The molecule has 1 aromatic carbocycles. The molecule has 1 heterocycles. The predicted molar refractivity (Wildman–Crippen MR) is 80.1 cm³/mol. The molecule has 4 heteroatoms. The third-order valence-corrected chi connectivity index (χ3v) is 4.08. The van der Waals surface area contributed by atoms with Crippen LogP contribution in [0.25, 0.3) is 0 Å². The Labute approximate surface area is 120 Å². The molecule has 4 nitrogen and oxygen atoms in total. The van der Waals surface area contributed by atoms with Gasteiger partial charge >= 0.3 is 0 Å². The second kappa shape index (κ2) is 6.12. The number of ether oxygens (including phenoxy) is 1. The number of nitrogens with zero attached hydrogens (tertiary/aromatic N) is 1. The monoisotopic (exact) mass is 276 g/mol. The molecule has 0 radical (unpaired) electrons. The molecule has 1 saturated heterocycles. The van der Waals surface area contributed by atoms with Crippen LogP contribution in [0.4, 0.5) is 5.69 Å². The van der Waals surface area contributed by atoms with Crippen LogP contribution in [0.3, 0.4) is 0 Å². The van der Waals surface area contributed by atoms with Crippen molar-refractivity contribution in [2.24, 2.45) is 0 Å². The van der Waals surface area contributed by atoms with E-state index < -0.39 is 0 Å². The van der Waals surface area contributed by atoms with Gasteiger partial charge in [0.2, 0.25) is 0 Å². The predicted octanol–water partition coefficient (Wildman–Crippen LogP) is 1.44. The van der Waals surface area contributed by atoms with Gasteiger partial charge in [-0.05, 0) is 31.4 Å². The quantitative estimate of drug-likeness (QED) is 0.854. The molecule has 2 N–H and O–H groups in total. The molecule has 1 atom stereocenters. The maximum absolute atomic E-state index is 9.29. The highest BCUT2D eigenvalue weighted by Crippen LogP contribution is 2.26. The molecule has 1 aliphatic carbocycles. The lowest BCUT2D eigenvalue weighted by molar-refractivity contribution is 0.00352. The highest BCUT2D eigenvalue weighted by atomic mass is 16.5. The summed E-state index contributed by atoms with van der Waals surface area (Å²) in [6, 6.07) is 7.37. The number of aliphatic hydroxyl groups excluding tert-OH is 1. The molecule has 0 bridgehead atoms. The van der Waals surface area contributed by atoms with Crippen LogP contribution in [-0.2, 0) is 11.3 Å². The molecule has 0 spiro atoms. The summed E-state index contributed by atoms with van der Waals surface area (Å²) in [6.45, 7) is 5.53. The van der Waals surface area contributed by atoms with Crippen LogP contribution >= 0.6 is 0 Å². The Bertz CT molecular complexity index is 460. The highest BCUT2D eigenvalue weighted by Gasteiger charge is 2.23. The maximum atomic E-state index is 9.29. The molecule has 1 aromatic rings. The summed E-state index contributed by atoms with van der Waals surface area (Å²) < 4.78 is 5.54. The van der Waals surface area contributed by atoms with E-state index in [0.717, 1.165) is 25.7 Å². The summed E-state index contributed by atoms with van der Waals surface area (Å²) in [5.41, 5.74) is 3.94. The molecule has 1 saturated carbocycles. The minimum absolute atomic E-state index is 0.0608. The van der Waals surface area contributed by atoms with Crippen LogP contribution in [0, 0.1) is 6.92 Å². The topological polar surface area (TPSA) is 44.7 Å². The zero-order valence-electron chi connectivity index (χ0n) is 12.1. The van der Waals surface area contributed by atoms with E-state index >= 15 is 0 Å². The summed E-state index contributed by atoms with van der Waals surface area (Å²) in [6.07, 6.45) is 2.56. The number of hydrogen-bond donors (Lipinski definition) is 2. The number of hydrogen-bond acceptors (Lipinski definition) is 4. The van der Waals surface area contributed by atoms with E-state index in [1.54, 1.807) is 0 Å². The second-order valence-electron chi connectivity index (χ2n) is 5.91. The third kappa shape index (κ3) is 3.32. The first-order chi connectivity index (χ1) is 9.76. The van der Waals surface area contributed by atoms with Gasteiger partial charge in [-0.2, -0.15) is 0 Å². The van der Waals surface area contributed by atoms with Gasteiger partial charge in [-0.15, -0.1) is 0 Å². The molecular weight excluding hydrogens is 252 g/mol. The standard InChI is InChI=1S/C16H24N2O2/c1-12-2-5-16(13(8-12)9-17-14-3-4-14)18-6-7-20-15(10-18)11-19/h2,5,8,14-15,17,19H,3-4,6-7,9-11H2,1H3. The van der Waals surface area contributed by atoms with E-state index in [0.29, 0.717) is 6.61 Å². The van der Waals surface area contributed by atoms with Gasteiger partial charge in [0.25, 0.3) is 0 Å². The van der Waals surface area contributed by atoms with Crippen molar-refractivity contribution in [1.82, 2.24) is 5.32 Å². The molecule has 110 valence electrons. The molecule has 0 aromatic heterocycles. The fourth-order valence-corrected chi connectivity index (χ4v) is 2.75. The average molecular weight is 276 g/mol. The number of aryl methyl sites for hydroxylation is 1. The lowest BCUT2D eigenvalue weighted by Gasteiger charge is -2.35. The van der Waals surface area contributed by atoms with E-state index in [2.05, 4.69) is 35.3 Å². The van der Waals surface area contributed by atoms with Crippen molar-refractivity contribution in [3.63, 3.8) is 0 Å². The third-order valence-electron chi connectivity index (χ3n) is 4.08. The lowest BCUT2D eigenvalue weighted by Crippen LogP contribution is -2.44. The van der Waals surface area contributed by atoms with Crippen molar-refractivity contribution in [2.75, 3.05) is 31.2 Å². The summed E-state index contributed by atoms with van der Waals surface area (Å²) >= 11 is 0. The van der Waals surface area contributed by atoms with Gasteiger partial charge in [-0.1, -0.05) is 17.7 Å². The Morgan fingerprint density at radius 3 is 3.00 bits per heavy atom. The van der Waals surface area contributed by atoms with Gasteiger partial charge in [0.15, 0.2) is 0 Å². The molecule has 0 amide bonds. The Balaban J connectivity index is 1.75. The van der Waals surface area contributed by atoms with Gasteiger partial charge in [0, 0.05) is 31.4 Å². The molecule has 20 heavy (non-hydrogen) atoms. The number of nitrogens with one attached hydrogen (secondary N) is 1. The minimum Gasteiger partial charge on any atom is -0.394 e. The summed E-state index contributed by atoms with van der Waals surface area (Å²) in [5.74, 6) is 0. The first-order valence-electron chi connectivity index (χ1n) is 7.56. The van der Waals surface area contributed by atoms with Gasteiger partial charge in [-0.3, -0.25) is 0 Å². The van der Waals surface area contributed by atoms with Crippen molar-refractivity contribution in [1.29, 1.82) is 0 Å². The van der Waals surface area contributed by atoms with Crippen LogP contribution in [0.1, 0.15) is 24.0 Å². The van der Waals surface area contributed by atoms with Crippen molar-refractivity contribution in [3.8, 4) is 0 Å². The van der Waals surface area contributed by atoms with Crippen LogP contribution in [-0.4, -0.2) is 43.6 Å². The average Bonchev–Trinajstić information content (AvgIpc) is 3.29. The van der Waals surface area contributed by atoms with E-state index in [-0.39, 0.29) is 12.7 Å². The Morgan fingerprint density at radius 1 is 1.40 bits per heavy atom. The van der Waals surface area contributed by atoms with Crippen molar-refractivity contribution in [3.05, 3.63) is 29.3 Å². The maximum Gasteiger partial charge on any atom is 0.0980 e. The van der Waals surface area contributed by atoms with Gasteiger partial charge in [-0.25, -0.2) is 0 Å². The van der Waals surface area contributed by atoms with E-state index in [1.165, 1.54) is 29.7 Å². The number of benzene rings is 1. The van der Waals surface area contributed by atoms with Gasteiger partial charge in [0.1, 0.15) is 0 Å². The normalized spacial score (nSPS) is 23.1. The second-order valence-corrected chi connectivity index (χ2v) is 5.91. The lowest BCUT2D eigenvalue weighted by atomic mass is 10.1. The first kappa shape index (κ1) is 13.9. The first-order valence-corrected chi connectivity index (χ1v) is 7.56. The zero-order chi connectivity index (χ0) is 13.9. The summed E-state index contributed by atoms with van der Waals surface area (Å²) in [4.78, 5) is 2.34. The van der Waals surface area contributed by atoms with E-state index in [1.807, 2.05) is 0 Å². The van der Waals surface area contributed by atoms with E-state index in [9.17, 15) is 5.11 Å². The minimum atomic E-state index is -0.0608. The molecular formula is C16H24N2O2. The number of rotatable bonds is 5. The van der Waals surface area contributed by atoms with Crippen LogP contribution in [0.2, 0.25) is 0 Å². The molecule has 1 aliphatic heterocycles. The highest BCUT2D eigenvalue weighted by molar-refractivity contribution is 5.55. The molecule has 2 aliphatic rings. The largest absolute Gasteiger partial charge is 0.394 e. The van der Waals surface area contributed by atoms with E-state index in [4.69, 9.17) is 4.74 Å². The van der Waals surface area contributed by atoms with Crippen molar-refractivity contribution >= 4 is 5.69 Å². The molecule has 1 unspecified atom stereocenters.